The van der Waals surface area contributed by atoms with E-state index in [1.54, 1.807) is 0 Å². The number of rotatable bonds is 1. The molecule has 0 bridgehead atoms. The second kappa shape index (κ2) is 6.74. The predicted molar refractivity (Wildman–Crippen MR) is 119 cm³/mol. The van der Waals surface area contributed by atoms with E-state index in [0.29, 0.717) is 5.69 Å². The predicted octanol–water partition coefficient (Wildman–Crippen LogP) is 6.79. The van der Waals surface area contributed by atoms with Gasteiger partial charge in [-0.3, -0.25) is 0 Å². The Morgan fingerprint density at radius 1 is 0.893 bits per heavy atom. The van der Waals surface area contributed by atoms with Crippen LogP contribution in [0.1, 0.15) is 58.2 Å². The van der Waals surface area contributed by atoms with E-state index in [1.165, 1.54) is 38.7 Å². The Balaban J connectivity index is 2.48. The van der Waals surface area contributed by atoms with Crippen molar-refractivity contribution in [1.29, 1.82) is 0 Å². The summed E-state index contributed by atoms with van der Waals surface area (Å²) in [6, 6.07) is 12.9. The minimum Gasteiger partial charge on any atom is -0.238 e. The molecule has 2 nitrogen and oxygen atoms in total. The van der Waals surface area contributed by atoms with Crippen LogP contribution in [0.5, 0.6) is 0 Å². The average molecular weight is 372 g/mol. The Bertz CT molecular complexity index is 1100. The van der Waals surface area contributed by atoms with Crippen LogP contribution < -0.4 is 4.57 Å². The molecular weight excluding hydrogens is 340 g/mol. The van der Waals surface area contributed by atoms with Crippen molar-refractivity contribution in [3.05, 3.63) is 70.7 Å². The first-order valence-corrected chi connectivity index (χ1v) is 9.89. The molecule has 0 saturated carbocycles. The molecule has 3 aromatic rings. The van der Waals surface area contributed by atoms with Crippen molar-refractivity contribution in [2.24, 2.45) is 7.05 Å². The van der Waals surface area contributed by atoms with Crippen LogP contribution in [0.4, 0.5) is 5.69 Å². The number of benzene rings is 2. The van der Waals surface area contributed by atoms with Gasteiger partial charge in [0.1, 0.15) is 7.05 Å². The summed E-state index contributed by atoms with van der Waals surface area (Å²) in [5.74, 6) is 0. The van der Waals surface area contributed by atoms with E-state index in [4.69, 9.17) is 6.57 Å². The van der Waals surface area contributed by atoms with E-state index in [-0.39, 0.29) is 10.8 Å². The summed E-state index contributed by atoms with van der Waals surface area (Å²) in [5, 5.41) is 2.39. The Labute approximate surface area is 169 Å². The zero-order valence-corrected chi connectivity index (χ0v) is 18.4. The van der Waals surface area contributed by atoms with Gasteiger partial charge in [0.25, 0.3) is 0 Å². The lowest BCUT2D eigenvalue weighted by molar-refractivity contribution is -0.660. The molecule has 0 aliphatic heterocycles. The SMILES string of the molecule is [C-]#[N+]c1ccc2cc(C)c(-c3cc(C(C)(C)C)cc[n+]3C)c(C(C)(C)C)c2c1. The summed E-state index contributed by atoms with van der Waals surface area (Å²) in [5.41, 5.74) is 7.17. The molecule has 0 radical (unpaired) electrons. The number of pyridine rings is 1. The van der Waals surface area contributed by atoms with Crippen molar-refractivity contribution < 1.29 is 4.57 Å². The maximum Gasteiger partial charge on any atom is 0.213 e. The van der Waals surface area contributed by atoms with Crippen LogP contribution >= 0.6 is 0 Å². The molecule has 28 heavy (non-hydrogen) atoms. The zero-order chi connectivity index (χ0) is 20.9. The number of hydrogen-bond acceptors (Lipinski definition) is 0. The maximum atomic E-state index is 7.46. The fraction of sp³-hybridized carbons (Fsp3) is 0.385. The molecule has 0 saturated heterocycles. The normalized spacial score (nSPS) is 12.2. The number of fused-ring (bicyclic) bond motifs is 1. The van der Waals surface area contributed by atoms with Crippen molar-refractivity contribution in [3.8, 4) is 11.3 Å². The lowest BCUT2D eigenvalue weighted by Crippen LogP contribution is -2.33. The van der Waals surface area contributed by atoms with E-state index >= 15 is 0 Å². The van der Waals surface area contributed by atoms with Gasteiger partial charge < -0.3 is 0 Å². The quantitative estimate of drug-likeness (QED) is 0.329. The van der Waals surface area contributed by atoms with Crippen molar-refractivity contribution >= 4 is 16.5 Å². The smallest absolute Gasteiger partial charge is 0.213 e. The Kier molecular flexibility index (Phi) is 4.84. The van der Waals surface area contributed by atoms with Gasteiger partial charge >= 0.3 is 0 Å². The third-order valence-corrected chi connectivity index (χ3v) is 5.47. The summed E-state index contributed by atoms with van der Waals surface area (Å²) in [6.45, 7) is 23.2. The van der Waals surface area contributed by atoms with Crippen molar-refractivity contribution in [1.82, 2.24) is 0 Å². The molecule has 0 amide bonds. The number of hydrogen-bond donors (Lipinski definition) is 0. The van der Waals surface area contributed by atoms with Crippen LogP contribution in [0.25, 0.3) is 26.9 Å². The van der Waals surface area contributed by atoms with Crippen LogP contribution in [0.15, 0.2) is 42.6 Å². The van der Waals surface area contributed by atoms with Gasteiger partial charge in [-0.05, 0) is 51.3 Å². The monoisotopic (exact) mass is 371 g/mol. The lowest BCUT2D eigenvalue weighted by Gasteiger charge is -2.27. The second-order valence-corrected chi connectivity index (χ2v) is 9.87. The highest BCUT2D eigenvalue weighted by Gasteiger charge is 2.28. The molecule has 2 aromatic carbocycles. The summed E-state index contributed by atoms with van der Waals surface area (Å²) >= 11 is 0. The van der Waals surface area contributed by atoms with Gasteiger partial charge in [0.05, 0.1) is 12.1 Å². The highest BCUT2D eigenvalue weighted by atomic mass is 14.9. The first kappa shape index (κ1) is 20.1. The standard InChI is InChI=1S/C26H31N2/c1-17-14-18-10-11-20(27-8)16-21(18)24(26(5,6)7)23(17)22-15-19(25(2,3)4)12-13-28(22)9/h10-16H,1-7,9H3/q+1. The van der Waals surface area contributed by atoms with Gasteiger partial charge in [-0.15, -0.1) is 0 Å². The highest BCUT2D eigenvalue weighted by Crippen LogP contribution is 2.41. The molecule has 144 valence electrons. The Hall–Kier alpha value is -2.66. The van der Waals surface area contributed by atoms with Gasteiger partial charge in [-0.1, -0.05) is 59.7 Å². The van der Waals surface area contributed by atoms with Gasteiger partial charge in [0.2, 0.25) is 5.69 Å². The number of nitrogens with zero attached hydrogens (tertiary/aromatic N) is 2. The molecule has 0 fully saturated rings. The third kappa shape index (κ3) is 3.54. The molecule has 1 heterocycles. The summed E-state index contributed by atoms with van der Waals surface area (Å²) < 4.78 is 2.22. The summed E-state index contributed by atoms with van der Waals surface area (Å²) in [7, 11) is 2.12. The molecule has 0 aliphatic rings. The van der Waals surface area contributed by atoms with E-state index in [0.717, 1.165) is 0 Å². The molecule has 0 N–H and O–H groups in total. The maximum absolute atomic E-state index is 7.46. The van der Waals surface area contributed by atoms with E-state index < -0.39 is 0 Å². The molecule has 0 spiro atoms. The van der Waals surface area contributed by atoms with Crippen LogP contribution in [0.3, 0.4) is 0 Å². The fourth-order valence-corrected chi connectivity index (χ4v) is 3.99. The Morgan fingerprint density at radius 2 is 1.57 bits per heavy atom. The van der Waals surface area contributed by atoms with Crippen molar-refractivity contribution in [3.63, 3.8) is 0 Å². The molecule has 0 aliphatic carbocycles. The van der Waals surface area contributed by atoms with Crippen molar-refractivity contribution in [2.75, 3.05) is 0 Å². The summed E-state index contributed by atoms with van der Waals surface area (Å²) in [6.07, 6.45) is 2.17. The number of aryl methyl sites for hydroxylation is 2. The first-order valence-electron chi connectivity index (χ1n) is 9.89. The molecule has 0 unspecified atom stereocenters. The first-order chi connectivity index (χ1) is 12.9. The molecule has 2 heteroatoms. The van der Waals surface area contributed by atoms with Crippen LogP contribution in [0, 0.1) is 13.5 Å². The van der Waals surface area contributed by atoms with E-state index in [2.05, 4.69) is 101 Å². The van der Waals surface area contributed by atoms with Gasteiger partial charge in [0, 0.05) is 12.1 Å². The Morgan fingerprint density at radius 3 is 2.14 bits per heavy atom. The lowest BCUT2D eigenvalue weighted by atomic mass is 9.77. The van der Waals surface area contributed by atoms with Crippen LogP contribution in [0.2, 0.25) is 0 Å². The van der Waals surface area contributed by atoms with Gasteiger partial charge in [-0.25, -0.2) is 9.41 Å². The third-order valence-electron chi connectivity index (χ3n) is 5.47. The van der Waals surface area contributed by atoms with Crippen molar-refractivity contribution in [2.45, 2.75) is 59.3 Å². The average Bonchev–Trinajstić information content (AvgIpc) is 2.59. The van der Waals surface area contributed by atoms with E-state index in [9.17, 15) is 0 Å². The molecular formula is C26H31N2+. The largest absolute Gasteiger partial charge is 0.238 e. The fourth-order valence-electron chi connectivity index (χ4n) is 3.99. The van der Waals surface area contributed by atoms with Gasteiger partial charge in [-0.2, -0.15) is 0 Å². The van der Waals surface area contributed by atoms with Gasteiger partial charge in [0.15, 0.2) is 11.9 Å². The van der Waals surface area contributed by atoms with Crippen LogP contribution in [-0.2, 0) is 17.9 Å². The summed E-state index contributed by atoms with van der Waals surface area (Å²) in [4.78, 5) is 3.68. The topological polar surface area (TPSA) is 8.24 Å². The second-order valence-electron chi connectivity index (χ2n) is 9.87. The van der Waals surface area contributed by atoms with Crippen LogP contribution in [-0.4, -0.2) is 0 Å². The molecule has 3 rings (SSSR count). The minimum atomic E-state index is -0.0506. The van der Waals surface area contributed by atoms with E-state index in [1.807, 2.05) is 6.07 Å². The molecule has 1 aromatic heterocycles. The zero-order valence-electron chi connectivity index (χ0n) is 18.4. The highest BCUT2D eigenvalue weighted by molar-refractivity contribution is 5.95. The number of aromatic nitrogens is 1. The minimum absolute atomic E-state index is 0.0506. The molecule has 0 atom stereocenters.